The number of methoxy groups -OCH3 is 1. The van der Waals surface area contributed by atoms with Crippen molar-refractivity contribution in [2.75, 3.05) is 26.7 Å². The fourth-order valence-corrected chi connectivity index (χ4v) is 2.34. The summed E-state index contributed by atoms with van der Waals surface area (Å²) in [5, 5.41) is 6.01. The van der Waals surface area contributed by atoms with Crippen LogP contribution in [0.2, 0.25) is 0 Å². The quantitative estimate of drug-likeness (QED) is 0.765. The van der Waals surface area contributed by atoms with E-state index in [0.717, 1.165) is 25.9 Å². The first-order valence-electron chi connectivity index (χ1n) is 7.09. The summed E-state index contributed by atoms with van der Waals surface area (Å²) in [5.41, 5.74) is -0.517. The second-order valence-corrected chi connectivity index (χ2v) is 6.10. The first-order valence-corrected chi connectivity index (χ1v) is 7.09. The third-order valence-electron chi connectivity index (χ3n) is 3.30. The average Bonchev–Trinajstić information content (AvgIpc) is 2.58. The highest BCUT2D eigenvalue weighted by molar-refractivity contribution is 5.73. The maximum Gasteiger partial charge on any atom is 0.407 e. The Bertz CT molecular complexity index is 339. The maximum absolute atomic E-state index is 11.8. The Morgan fingerprint density at radius 2 is 1.90 bits per heavy atom. The van der Waals surface area contributed by atoms with E-state index in [2.05, 4.69) is 10.6 Å². The fourth-order valence-electron chi connectivity index (χ4n) is 2.34. The summed E-state index contributed by atoms with van der Waals surface area (Å²) < 4.78 is 10.1. The Morgan fingerprint density at radius 3 is 2.50 bits per heavy atom. The van der Waals surface area contributed by atoms with E-state index in [0.29, 0.717) is 6.54 Å². The lowest BCUT2D eigenvalue weighted by atomic mass is 9.88. The van der Waals surface area contributed by atoms with Gasteiger partial charge in [-0.2, -0.15) is 0 Å². The number of rotatable bonds is 3. The maximum atomic E-state index is 11.8. The number of hydrogen-bond acceptors (Lipinski definition) is 5. The van der Waals surface area contributed by atoms with Gasteiger partial charge in [0.25, 0.3) is 0 Å². The normalized spacial score (nSPS) is 23.6. The Morgan fingerprint density at radius 1 is 1.25 bits per heavy atom. The van der Waals surface area contributed by atoms with E-state index >= 15 is 0 Å². The van der Waals surface area contributed by atoms with Crippen molar-refractivity contribution in [2.24, 2.45) is 11.8 Å². The van der Waals surface area contributed by atoms with Crippen molar-refractivity contribution in [2.45, 2.75) is 39.2 Å². The van der Waals surface area contributed by atoms with Crippen LogP contribution in [0.3, 0.4) is 0 Å². The van der Waals surface area contributed by atoms with Gasteiger partial charge in [0.15, 0.2) is 0 Å². The predicted octanol–water partition coefficient (Wildman–Crippen LogP) is 1.30. The first kappa shape index (κ1) is 16.8. The fraction of sp³-hybridized carbons (Fsp3) is 0.857. The second kappa shape index (κ2) is 7.47. The third kappa shape index (κ3) is 5.77. The molecule has 1 rings (SSSR count). The molecule has 0 aromatic carbocycles. The van der Waals surface area contributed by atoms with E-state index in [1.807, 2.05) is 20.8 Å². The van der Waals surface area contributed by atoms with Gasteiger partial charge in [0.1, 0.15) is 5.60 Å². The molecule has 0 aromatic rings. The van der Waals surface area contributed by atoms with Gasteiger partial charge in [0, 0.05) is 6.54 Å². The van der Waals surface area contributed by atoms with E-state index in [-0.39, 0.29) is 17.8 Å². The van der Waals surface area contributed by atoms with Gasteiger partial charge in [-0.05, 0) is 52.6 Å². The Labute approximate surface area is 120 Å². The van der Waals surface area contributed by atoms with E-state index in [1.165, 1.54) is 7.11 Å². The minimum atomic E-state index is -0.517. The number of alkyl carbamates (subject to hydrolysis) is 1. The average molecular weight is 286 g/mol. The van der Waals surface area contributed by atoms with E-state index in [1.54, 1.807) is 0 Å². The number of nitrogens with one attached hydrogen (secondary N) is 2. The molecular formula is C14H26N2O4. The SMILES string of the molecule is COC(=O)[C@H]1CCNCC[C@H]1CNC(=O)OC(C)(C)C. The van der Waals surface area contributed by atoms with Crippen molar-refractivity contribution in [3.63, 3.8) is 0 Å². The van der Waals surface area contributed by atoms with Crippen molar-refractivity contribution in [1.82, 2.24) is 10.6 Å². The van der Waals surface area contributed by atoms with Gasteiger partial charge in [-0.25, -0.2) is 4.79 Å². The van der Waals surface area contributed by atoms with Gasteiger partial charge in [-0.3, -0.25) is 4.79 Å². The zero-order chi connectivity index (χ0) is 15.2. The molecule has 2 N–H and O–H groups in total. The summed E-state index contributed by atoms with van der Waals surface area (Å²) in [7, 11) is 1.40. The summed E-state index contributed by atoms with van der Waals surface area (Å²) in [6, 6.07) is 0. The van der Waals surface area contributed by atoms with Crippen LogP contribution in [0.25, 0.3) is 0 Å². The second-order valence-electron chi connectivity index (χ2n) is 6.10. The number of carbonyl (C=O) groups is 2. The molecule has 6 nitrogen and oxygen atoms in total. The molecule has 0 aromatic heterocycles. The van der Waals surface area contributed by atoms with Gasteiger partial charge >= 0.3 is 12.1 Å². The minimum Gasteiger partial charge on any atom is -0.469 e. The molecule has 0 radical (unpaired) electrons. The van der Waals surface area contributed by atoms with E-state index in [9.17, 15) is 9.59 Å². The number of esters is 1. The Kier molecular flexibility index (Phi) is 6.26. The van der Waals surface area contributed by atoms with Crippen LogP contribution in [0.5, 0.6) is 0 Å². The molecule has 1 amide bonds. The predicted molar refractivity (Wildman–Crippen MR) is 75.3 cm³/mol. The van der Waals surface area contributed by atoms with Crippen LogP contribution in [0.1, 0.15) is 33.6 Å². The molecule has 0 saturated carbocycles. The highest BCUT2D eigenvalue weighted by atomic mass is 16.6. The summed E-state index contributed by atoms with van der Waals surface area (Å²) >= 11 is 0. The molecule has 1 heterocycles. The molecule has 6 heteroatoms. The smallest absolute Gasteiger partial charge is 0.407 e. The van der Waals surface area contributed by atoms with Gasteiger partial charge in [0.2, 0.25) is 0 Å². The molecule has 0 aliphatic carbocycles. The van der Waals surface area contributed by atoms with Crippen molar-refractivity contribution in [3.05, 3.63) is 0 Å². The number of carbonyl (C=O) groups excluding carboxylic acids is 2. The lowest BCUT2D eigenvalue weighted by Gasteiger charge is -2.24. The molecule has 0 bridgehead atoms. The van der Waals surface area contributed by atoms with Crippen LogP contribution in [-0.4, -0.2) is 44.4 Å². The Balaban J connectivity index is 2.53. The highest BCUT2D eigenvalue weighted by Gasteiger charge is 2.31. The van der Waals surface area contributed by atoms with Crippen molar-refractivity contribution in [1.29, 1.82) is 0 Å². The lowest BCUT2D eigenvalue weighted by molar-refractivity contribution is -0.147. The summed E-state index contributed by atoms with van der Waals surface area (Å²) in [5.74, 6) is -0.306. The lowest BCUT2D eigenvalue weighted by Crippen LogP contribution is -2.38. The molecular weight excluding hydrogens is 260 g/mol. The zero-order valence-corrected chi connectivity index (χ0v) is 12.8. The number of ether oxygens (including phenoxy) is 2. The van der Waals surface area contributed by atoms with Crippen molar-refractivity contribution < 1.29 is 19.1 Å². The largest absolute Gasteiger partial charge is 0.469 e. The molecule has 1 saturated heterocycles. The summed E-state index contributed by atoms with van der Waals surface area (Å²) in [4.78, 5) is 23.5. The molecule has 1 aliphatic heterocycles. The van der Waals surface area contributed by atoms with E-state index in [4.69, 9.17) is 9.47 Å². The van der Waals surface area contributed by atoms with Crippen LogP contribution in [0.15, 0.2) is 0 Å². The number of amides is 1. The van der Waals surface area contributed by atoms with Gasteiger partial charge in [-0.15, -0.1) is 0 Å². The third-order valence-corrected chi connectivity index (χ3v) is 3.30. The summed E-state index contributed by atoms with van der Waals surface area (Å²) in [6.45, 7) is 7.52. The topological polar surface area (TPSA) is 76.7 Å². The van der Waals surface area contributed by atoms with Gasteiger partial charge in [0.05, 0.1) is 13.0 Å². The summed E-state index contributed by atoms with van der Waals surface area (Å²) in [6.07, 6.45) is 1.11. The van der Waals surface area contributed by atoms with Crippen molar-refractivity contribution >= 4 is 12.1 Å². The number of hydrogen-bond donors (Lipinski definition) is 2. The minimum absolute atomic E-state index is 0.0740. The van der Waals surface area contributed by atoms with E-state index < -0.39 is 11.7 Å². The molecule has 116 valence electrons. The molecule has 1 aliphatic rings. The van der Waals surface area contributed by atoms with Crippen LogP contribution in [0, 0.1) is 11.8 Å². The molecule has 0 unspecified atom stereocenters. The van der Waals surface area contributed by atoms with Crippen LogP contribution in [0.4, 0.5) is 4.79 Å². The molecule has 1 fully saturated rings. The molecule has 20 heavy (non-hydrogen) atoms. The van der Waals surface area contributed by atoms with Crippen LogP contribution in [-0.2, 0) is 14.3 Å². The highest BCUT2D eigenvalue weighted by Crippen LogP contribution is 2.22. The van der Waals surface area contributed by atoms with Crippen LogP contribution >= 0.6 is 0 Å². The molecule has 0 spiro atoms. The molecule has 2 atom stereocenters. The zero-order valence-electron chi connectivity index (χ0n) is 12.8. The Hall–Kier alpha value is -1.30. The van der Waals surface area contributed by atoms with Crippen LogP contribution < -0.4 is 10.6 Å². The first-order chi connectivity index (χ1) is 9.33. The van der Waals surface area contributed by atoms with Gasteiger partial charge < -0.3 is 20.1 Å². The van der Waals surface area contributed by atoms with Crippen molar-refractivity contribution in [3.8, 4) is 0 Å². The monoisotopic (exact) mass is 286 g/mol. The standard InChI is InChI=1S/C14H26N2O4/c1-14(2,3)20-13(18)16-9-10-5-7-15-8-6-11(10)12(17)19-4/h10-11,15H,5-9H2,1-4H3,(H,16,18)/t10-,11-/m0/s1. The van der Waals surface area contributed by atoms with Gasteiger partial charge in [-0.1, -0.05) is 0 Å².